The number of hydrogen-bond donors (Lipinski definition) is 1. The van der Waals surface area contributed by atoms with Crippen molar-refractivity contribution in [1.29, 1.82) is 0 Å². The Hall–Kier alpha value is -3.28. The number of benzene rings is 2. The largest absolute Gasteiger partial charge is 0.496 e. The summed E-state index contributed by atoms with van der Waals surface area (Å²) in [7, 11) is 1.54. The van der Waals surface area contributed by atoms with Gasteiger partial charge < -0.3 is 10.1 Å². The maximum atomic E-state index is 12.7. The molecule has 166 valence electrons. The Labute approximate surface area is 200 Å². The van der Waals surface area contributed by atoms with Crippen molar-refractivity contribution in [3.63, 3.8) is 0 Å². The van der Waals surface area contributed by atoms with E-state index in [0.717, 1.165) is 19.6 Å². The molecule has 0 aliphatic rings. The molecule has 11 heteroatoms. The smallest absolute Gasteiger partial charge is 0.275 e. The van der Waals surface area contributed by atoms with Crippen molar-refractivity contribution in [3.05, 3.63) is 75.1 Å². The molecule has 0 aliphatic carbocycles. The molecule has 0 saturated heterocycles. The first-order chi connectivity index (χ1) is 16.0. The lowest BCUT2D eigenvalue weighted by molar-refractivity contribution is 0.102. The van der Waals surface area contributed by atoms with E-state index in [1.54, 1.807) is 18.2 Å². The van der Waals surface area contributed by atoms with Gasteiger partial charge in [0.1, 0.15) is 10.8 Å². The number of carbonyl (C=O) groups is 1. The summed E-state index contributed by atoms with van der Waals surface area (Å²) in [5, 5.41) is 7.88. The maximum absolute atomic E-state index is 12.7. The third-order valence-electron chi connectivity index (χ3n) is 4.72. The Morgan fingerprint density at radius 2 is 2.00 bits per heavy atom. The normalized spacial score (nSPS) is 11.2. The second-order valence-corrected chi connectivity index (χ2v) is 10.4. The molecule has 8 nitrogen and oxygen atoms in total. The summed E-state index contributed by atoms with van der Waals surface area (Å²) >= 11 is 4.44. The molecule has 0 unspecified atom stereocenters. The van der Waals surface area contributed by atoms with Crippen LogP contribution < -0.4 is 15.6 Å². The Morgan fingerprint density at radius 1 is 1.15 bits per heavy atom. The average molecular weight is 496 g/mol. The molecule has 3 aromatic heterocycles. The van der Waals surface area contributed by atoms with Crippen molar-refractivity contribution in [2.24, 2.45) is 0 Å². The number of thiazole rings is 1. The fourth-order valence-corrected chi connectivity index (χ4v) is 6.00. The van der Waals surface area contributed by atoms with E-state index in [1.165, 1.54) is 52.1 Å². The van der Waals surface area contributed by atoms with Crippen LogP contribution in [0.25, 0.3) is 15.2 Å². The SMILES string of the molecule is COc1ccccc1C(=O)Nc1ccc2nc(SCc3cc(=O)n4nc(C)sc4n3)sc2c1. The van der Waals surface area contributed by atoms with Gasteiger partial charge in [-0.1, -0.05) is 35.2 Å². The van der Waals surface area contributed by atoms with Crippen molar-refractivity contribution >= 4 is 61.2 Å². The van der Waals surface area contributed by atoms with Crippen molar-refractivity contribution in [1.82, 2.24) is 19.6 Å². The van der Waals surface area contributed by atoms with E-state index in [1.807, 2.05) is 31.2 Å². The lowest BCUT2D eigenvalue weighted by Gasteiger charge is -2.09. The molecule has 1 amide bonds. The van der Waals surface area contributed by atoms with Crippen LogP contribution in [-0.2, 0) is 5.75 Å². The first-order valence-corrected chi connectivity index (χ1v) is 12.5. The molecule has 1 N–H and O–H groups in total. The number of fused-ring (bicyclic) bond motifs is 2. The number of thioether (sulfide) groups is 1. The summed E-state index contributed by atoms with van der Waals surface area (Å²) in [5.74, 6) is 0.810. The van der Waals surface area contributed by atoms with Crippen LogP contribution in [0.4, 0.5) is 5.69 Å². The predicted molar refractivity (Wildman–Crippen MR) is 132 cm³/mol. The number of amides is 1. The lowest BCUT2D eigenvalue weighted by Crippen LogP contribution is -2.15. The minimum absolute atomic E-state index is 0.181. The number of aromatic nitrogens is 4. The molecule has 0 bridgehead atoms. The van der Waals surface area contributed by atoms with Crippen LogP contribution in [0.15, 0.2) is 57.7 Å². The third-order valence-corrected chi connectivity index (χ3v) is 7.74. The van der Waals surface area contributed by atoms with Gasteiger partial charge in [0.2, 0.25) is 4.96 Å². The zero-order valence-corrected chi connectivity index (χ0v) is 20.0. The van der Waals surface area contributed by atoms with Crippen LogP contribution >= 0.6 is 34.4 Å². The van der Waals surface area contributed by atoms with Crippen LogP contribution in [0.1, 0.15) is 21.1 Å². The van der Waals surface area contributed by atoms with E-state index in [4.69, 9.17) is 4.74 Å². The quantitative estimate of drug-likeness (QED) is 0.343. The number of hydrogen-bond acceptors (Lipinski definition) is 9. The molecular weight excluding hydrogens is 478 g/mol. The summed E-state index contributed by atoms with van der Waals surface area (Å²) in [6, 6.07) is 14.2. The standard InChI is InChI=1S/C22H17N5O3S3/c1-12-26-27-19(28)10-14(24-21(27)32-12)11-31-22-25-16-8-7-13(9-18(16)33-22)23-20(29)15-5-3-4-6-17(15)30-2/h3-10H,11H2,1-2H3,(H,23,29). The van der Waals surface area contributed by atoms with Crippen LogP contribution in [0.5, 0.6) is 5.75 Å². The summed E-state index contributed by atoms with van der Waals surface area (Å²) in [5.41, 5.74) is 2.51. The molecule has 0 aliphatic heterocycles. The van der Waals surface area contributed by atoms with Crippen molar-refractivity contribution in [2.75, 3.05) is 12.4 Å². The van der Waals surface area contributed by atoms with E-state index in [9.17, 15) is 9.59 Å². The topological polar surface area (TPSA) is 98.5 Å². The number of anilines is 1. The van der Waals surface area contributed by atoms with E-state index >= 15 is 0 Å². The van der Waals surface area contributed by atoms with Crippen molar-refractivity contribution in [3.8, 4) is 5.75 Å². The molecule has 3 heterocycles. The molecule has 2 aromatic carbocycles. The number of carbonyl (C=O) groups excluding carboxylic acids is 1. The minimum atomic E-state index is -0.239. The Kier molecular flexibility index (Phi) is 5.83. The number of methoxy groups -OCH3 is 1. The molecular formula is C22H17N5O3S3. The van der Waals surface area contributed by atoms with Crippen LogP contribution in [-0.4, -0.2) is 32.6 Å². The van der Waals surface area contributed by atoms with E-state index < -0.39 is 0 Å². The summed E-state index contributed by atoms with van der Waals surface area (Å²) in [6.07, 6.45) is 0. The highest BCUT2D eigenvalue weighted by Crippen LogP contribution is 2.33. The number of nitrogens with zero attached hydrogens (tertiary/aromatic N) is 4. The highest BCUT2D eigenvalue weighted by molar-refractivity contribution is 8.00. The van der Waals surface area contributed by atoms with E-state index in [0.29, 0.717) is 33.4 Å². The Morgan fingerprint density at radius 3 is 2.85 bits per heavy atom. The van der Waals surface area contributed by atoms with E-state index in [-0.39, 0.29) is 11.5 Å². The van der Waals surface area contributed by atoms with Gasteiger partial charge in [-0.05, 0) is 37.3 Å². The fraction of sp³-hybridized carbons (Fsp3) is 0.136. The van der Waals surface area contributed by atoms with Gasteiger partial charge in [-0.25, -0.2) is 9.97 Å². The van der Waals surface area contributed by atoms with Crippen LogP contribution in [0, 0.1) is 6.92 Å². The van der Waals surface area contributed by atoms with Crippen LogP contribution in [0.2, 0.25) is 0 Å². The highest BCUT2D eigenvalue weighted by atomic mass is 32.2. The van der Waals surface area contributed by atoms with Gasteiger partial charge in [-0.3, -0.25) is 9.59 Å². The van der Waals surface area contributed by atoms with Gasteiger partial charge in [-0.15, -0.1) is 11.3 Å². The van der Waals surface area contributed by atoms with Gasteiger partial charge in [0.05, 0.1) is 28.6 Å². The molecule has 0 spiro atoms. The average Bonchev–Trinajstić information content (AvgIpc) is 3.39. The summed E-state index contributed by atoms with van der Waals surface area (Å²) < 4.78 is 8.42. The Balaban J connectivity index is 1.32. The highest BCUT2D eigenvalue weighted by Gasteiger charge is 2.13. The number of para-hydroxylation sites is 1. The zero-order chi connectivity index (χ0) is 22.9. The molecule has 33 heavy (non-hydrogen) atoms. The van der Waals surface area contributed by atoms with Crippen LogP contribution in [0.3, 0.4) is 0 Å². The number of ether oxygens (including phenoxy) is 1. The first-order valence-electron chi connectivity index (χ1n) is 9.84. The molecule has 0 radical (unpaired) electrons. The lowest BCUT2D eigenvalue weighted by atomic mass is 10.2. The number of nitrogens with one attached hydrogen (secondary N) is 1. The second kappa shape index (κ2) is 8.93. The Bertz CT molecular complexity index is 1560. The molecule has 0 saturated carbocycles. The zero-order valence-electron chi connectivity index (χ0n) is 17.6. The van der Waals surface area contributed by atoms with Gasteiger partial charge in [-0.2, -0.15) is 9.61 Å². The predicted octanol–water partition coefficient (Wildman–Crippen LogP) is 4.62. The number of aryl methyl sites for hydroxylation is 1. The third kappa shape index (κ3) is 4.47. The molecule has 0 atom stereocenters. The van der Waals surface area contributed by atoms with Gasteiger partial charge >= 0.3 is 0 Å². The van der Waals surface area contributed by atoms with Crippen molar-refractivity contribution in [2.45, 2.75) is 17.0 Å². The number of rotatable bonds is 6. The monoisotopic (exact) mass is 495 g/mol. The van der Waals surface area contributed by atoms with E-state index in [2.05, 4.69) is 20.4 Å². The minimum Gasteiger partial charge on any atom is -0.496 e. The molecule has 0 fully saturated rings. The maximum Gasteiger partial charge on any atom is 0.275 e. The van der Waals surface area contributed by atoms with Gasteiger partial charge in [0, 0.05) is 17.5 Å². The summed E-state index contributed by atoms with van der Waals surface area (Å²) in [6.45, 7) is 1.85. The second-order valence-electron chi connectivity index (χ2n) is 7.01. The first kappa shape index (κ1) is 21.6. The molecule has 5 aromatic rings. The molecule has 5 rings (SSSR count). The summed E-state index contributed by atoms with van der Waals surface area (Å²) in [4.78, 5) is 34.7. The van der Waals surface area contributed by atoms with Gasteiger partial charge in [0.25, 0.3) is 11.5 Å². The fourth-order valence-electron chi connectivity index (χ4n) is 3.24. The van der Waals surface area contributed by atoms with Gasteiger partial charge in [0.15, 0.2) is 4.34 Å². The van der Waals surface area contributed by atoms with Crippen molar-refractivity contribution < 1.29 is 9.53 Å².